The second kappa shape index (κ2) is 8.69. The smallest absolute Gasteiger partial charge is 0.0451 e. The van der Waals surface area contributed by atoms with Crippen LogP contribution in [0.1, 0.15) is 125 Å². The van der Waals surface area contributed by atoms with Crippen LogP contribution in [0.15, 0.2) is 0 Å². The molecule has 192 valence electrons. The van der Waals surface area contributed by atoms with E-state index in [0.717, 1.165) is 8.65 Å². The molecule has 4 heteroatoms. The van der Waals surface area contributed by atoms with E-state index in [1.165, 1.54) is 0 Å². The van der Waals surface area contributed by atoms with E-state index in [9.17, 15) is 0 Å². The molecule has 0 aromatic rings. The summed E-state index contributed by atoms with van der Waals surface area (Å²) in [7, 11) is -4.40. The maximum atomic E-state index is 2.80. The van der Waals surface area contributed by atoms with Crippen molar-refractivity contribution in [1.82, 2.24) is 0 Å². The molecule has 0 atom stereocenters. The minimum Gasteiger partial charge on any atom is -0.453 e. The van der Waals surface area contributed by atoms with Crippen molar-refractivity contribution in [2.24, 2.45) is 0 Å². The molecule has 0 radical (unpaired) electrons. The van der Waals surface area contributed by atoms with Gasteiger partial charge in [0.15, 0.2) is 0 Å². The third-order valence-corrected chi connectivity index (χ3v) is 46.1. The topological polar surface area (TPSA) is 0 Å². The Hall–Kier alpha value is 0.738. The van der Waals surface area contributed by atoms with E-state index in [1.54, 1.807) is 0 Å². The molecule has 32 heavy (non-hydrogen) atoms. The molecule has 0 amide bonds. The van der Waals surface area contributed by atoms with Crippen LogP contribution in [0.25, 0.3) is 0 Å². The first-order chi connectivity index (χ1) is 13.3. The molecule has 0 rings (SSSR count). The quantitative estimate of drug-likeness (QED) is 0.330. The van der Waals surface area contributed by atoms with Crippen molar-refractivity contribution in [3.8, 4) is 0 Å². The van der Waals surface area contributed by atoms with Gasteiger partial charge in [0.2, 0.25) is 0 Å². The molecule has 0 spiro atoms. The van der Waals surface area contributed by atoms with E-state index in [4.69, 9.17) is 0 Å². The monoisotopic (exact) mass is 511 g/mol. The van der Waals surface area contributed by atoms with Crippen LogP contribution in [0.4, 0.5) is 0 Å². The first-order valence-electron chi connectivity index (χ1n) is 13.0. The maximum Gasteiger partial charge on any atom is 0.0451 e. The Morgan fingerprint density at radius 3 is 0.688 bits per heavy atom. The molecule has 0 aliphatic heterocycles. The largest absolute Gasteiger partial charge is 0.453 e. The summed E-state index contributed by atoms with van der Waals surface area (Å²) in [5, 5.41) is 2.11. The van der Waals surface area contributed by atoms with Crippen LogP contribution in [0.5, 0.6) is 0 Å². The van der Waals surface area contributed by atoms with E-state index in [0.29, 0.717) is 30.2 Å². The van der Waals surface area contributed by atoms with Gasteiger partial charge in [-0.25, -0.2) is 0 Å². The summed E-state index contributed by atoms with van der Waals surface area (Å²) in [6.07, 6.45) is 0. The molecule has 0 N–H and O–H groups in total. The zero-order valence-electron chi connectivity index (χ0n) is 26.5. The van der Waals surface area contributed by atoms with Crippen LogP contribution in [0, 0.1) is 0 Å². The molecule has 0 aliphatic carbocycles. The first kappa shape index (κ1) is 32.7. The highest BCUT2D eigenvalue weighted by Crippen LogP contribution is 2.60. The molecule has 0 saturated carbocycles. The summed E-state index contributed by atoms with van der Waals surface area (Å²) >= 11 is 0. The van der Waals surface area contributed by atoms with Gasteiger partial charge in [-0.2, -0.15) is 0 Å². The van der Waals surface area contributed by atoms with Crippen LogP contribution < -0.4 is 0 Å². The molecule has 0 heterocycles. The molecule has 0 fully saturated rings. The van der Waals surface area contributed by atoms with Gasteiger partial charge in [0.05, 0.1) is 0 Å². The number of hydrogen-bond acceptors (Lipinski definition) is 0. The lowest BCUT2D eigenvalue weighted by Crippen LogP contribution is -2.73. The fourth-order valence-corrected chi connectivity index (χ4v) is 45.0. The minimum atomic E-state index is -1.88. The van der Waals surface area contributed by atoms with E-state index in [2.05, 4.69) is 149 Å². The average molecular weight is 512 g/mol. The molecular formula is C28H63Si4-. The summed E-state index contributed by atoms with van der Waals surface area (Å²) < 4.78 is 2.14. The molecule has 0 aliphatic rings. The Bertz CT molecular complexity index is 605. The van der Waals surface area contributed by atoms with Crippen molar-refractivity contribution in [2.45, 2.75) is 174 Å². The molecule has 0 saturated heterocycles. The molecule has 0 unspecified atom stereocenters. The van der Waals surface area contributed by atoms with Crippen molar-refractivity contribution < 1.29 is 0 Å². The van der Waals surface area contributed by atoms with E-state index < -0.39 is 23.7 Å². The lowest BCUT2D eigenvalue weighted by Gasteiger charge is -2.69. The van der Waals surface area contributed by atoms with Gasteiger partial charge in [0.1, 0.15) is 0 Å². The number of hydrogen-bond donors (Lipinski definition) is 0. The summed E-state index contributed by atoms with van der Waals surface area (Å²) in [6.45, 7) is 54.8. The minimum absolute atomic E-state index is 0.337. The molecular weight excluding hydrogens is 449 g/mol. The predicted molar refractivity (Wildman–Crippen MR) is 164 cm³/mol. The van der Waals surface area contributed by atoms with E-state index in [1.807, 2.05) is 0 Å². The van der Waals surface area contributed by atoms with Gasteiger partial charge in [-0.3, -0.25) is 4.42 Å². The standard InChI is InChI=1S/C28H63Si4/c1-23(2,3)30(19,24(4,5)6)22(31(20,25(7,8)9)26(10,11)12)29-32(21,27(13,14)15)28(16,17)18/h1-21H3/q-1. The predicted octanol–water partition coefficient (Wildman–Crippen LogP) is 10.5. The SMILES string of the molecule is CC(C)(C)[Si](C)([Si-]=C([Si](C)(C(C)(C)C)C(C)(C)C)[Si](C)(C(C)(C)C)C(C)(C)C)C(C)(C)C. The second-order valence-corrected chi connectivity index (χ2v) is 40.1. The average Bonchev–Trinajstić information content (AvgIpc) is 2.43. The summed E-state index contributed by atoms with van der Waals surface area (Å²) in [5.41, 5.74) is 0. The summed E-state index contributed by atoms with van der Waals surface area (Å²) in [4.78, 5) is 0. The molecule has 0 aromatic carbocycles. The van der Waals surface area contributed by atoms with Gasteiger partial charge in [-0.15, -0.1) is 0 Å². The van der Waals surface area contributed by atoms with Crippen molar-refractivity contribution in [1.29, 1.82) is 0 Å². The summed E-state index contributed by atoms with van der Waals surface area (Å²) in [6, 6.07) is 0. The van der Waals surface area contributed by atoms with Crippen LogP contribution in [-0.2, 0) is 0 Å². The van der Waals surface area contributed by atoms with Crippen LogP contribution in [-0.4, -0.2) is 36.8 Å². The number of rotatable bonds is 3. The van der Waals surface area contributed by atoms with E-state index >= 15 is 0 Å². The Kier molecular flexibility index (Phi) is 8.89. The third kappa shape index (κ3) is 5.28. The maximum absolute atomic E-state index is 2.80. The van der Waals surface area contributed by atoms with Gasteiger partial charge in [-0.1, -0.05) is 162 Å². The van der Waals surface area contributed by atoms with Crippen molar-refractivity contribution >= 4 is 36.8 Å². The highest BCUT2D eigenvalue weighted by molar-refractivity contribution is 7.51. The fraction of sp³-hybridized carbons (Fsp3) is 0.964. The van der Waals surface area contributed by atoms with Crippen LogP contribution >= 0.6 is 0 Å². The molecule has 0 nitrogen and oxygen atoms in total. The zero-order valence-corrected chi connectivity index (χ0v) is 30.5. The van der Waals surface area contributed by atoms with Gasteiger partial charge in [0, 0.05) is 16.1 Å². The van der Waals surface area contributed by atoms with Gasteiger partial charge < -0.3 is 8.65 Å². The van der Waals surface area contributed by atoms with Crippen molar-refractivity contribution in [3.05, 3.63) is 0 Å². The van der Waals surface area contributed by atoms with Crippen molar-refractivity contribution in [3.63, 3.8) is 0 Å². The Morgan fingerprint density at radius 2 is 0.562 bits per heavy atom. The second-order valence-electron chi connectivity index (χ2n) is 17.4. The fourth-order valence-electron chi connectivity index (χ4n) is 6.25. The Morgan fingerprint density at radius 1 is 0.375 bits per heavy atom. The van der Waals surface area contributed by atoms with Gasteiger partial charge in [-0.05, 0) is 20.2 Å². The zero-order chi connectivity index (χ0) is 26.8. The van der Waals surface area contributed by atoms with Gasteiger partial charge in [0.25, 0.3) is 0 Å². The summed E-state index contributed by atoms with van der Waals surface area (Å²) in [5.74, 6) is 0. The molecule has 0 bridgehead atoms. The lowest BCUT2D eigenvalue weighted by molar-refractivity contribution is 0.622. The normalized spacial score (nSPS) is 16.3. The van der Waals surface area contributed by atoms with Crippen molar-refractivity contribution in [2.75, 3.05) is 0 Å². The Labute approximate surface area is 210 Å². The van der Waals surface area contributed by atoms with E-state index in [-0.39, 0.29) is 0 Å². The van der Waals surface area contributed by atoms with Gasteiger partial charge >= 0.3 is 0 Å². The third-order valence-electron chi connectivity index (χ3n) is 10.4. The van der Waals surface area contributed by atoms with Crippen LogP contribution in [0.3, 0.4) is 0 Å². The van der Waals surface area contributed by atoms with Crippen LogP contribution in [0.2, 0.25) is 49.9 Å². The first-order valence-corrected chi connectivity index (χ1v) is 22.5. The Balaban J connectivity index is 8.27. The lowest BCUT2D eigenvalue weighted by atomic mass is 10.2. The molecule has 0 aromatic heterocycles. The highest BCUT2D eigenvalue weighted by atomic mass is 29.2. The highest BCUT2D eigenvalue weighted by Gasteiger charge is 2.58.